The molecule has 2 aromatic rings. The molecule has 0 spiro atoms. The molecule has 0 saturated carbocycles. The van der Waals surface area contributed by atoms with Crippen molar-refractivity contribution in [2.45, 2.75) is 19.9 Å². The highest BCUT2D eigenvalue weighted by Gasteiger charge is 2.14. The van der Waals surface area contributed by atoms with E-state index in [1.165, 1.54) is 6.07 Å². The van der Waals surface area contributed by atoms with Crippen LogP contribution in [-0.4, -0.2) is 14.2 Å². The van der Waals surface area contributed by atoms with Crippen molar-refractivity contribution in [2.75, 3.05) is 14.2 Å². The summed E-state index contributed by atoms with van der Waals surface area (Å²) in [6.45, 7) is 3.80. The molecule has 0 aliphatic rings. The lowest BCUT2D eigenvalue weighted by molar-refractivity contribution is 0.411. The minimum Gasteiger partial charge on any atom is -0.496 e. The lowest BCUT2D eigenvalue weighted by Crippen LogP contribution is -2.18. The molecule has 0 aliphatic carbocycles. The minimum absolute atomic E-state index is 0.0407. The van der Waals surface area contributed by atoms with Gasteiger partial charge in [0, 0.05) is 0 Å². The van der Waals surface area contributed by atoms with Crippen LogP contribution in [0.1, 0.15) is 28.3 Å². The normalized spacial score (nSPS) is 12.2. The Kier molecular flexibility index (Phi) is 4.40. The maximum absolute atomic E-state index is 13.4. The molecule has 2 rings (SSSR count). The van der Waals surface area contributed by atoms with Gasteiger partial charge in [-0.2, -0.15) is 0 Å². The summed E-state index contributed by atoms with van der Waals surface area (Å²) >= 11 is 0. The molecule has 0 aromatic heterocycles. The number of halogens is 1. The third-order valence-electron chi connectivity index (χ3n) is 3.56. The first-order chi connectivity index (χ1) is 9.56. The molecule has 1 N–H and O–H groups in total. The SMILES string of the molecule is CNC(c1ccc(F)c(C)c1)c1ccc(OC)c(C)c1. The summed E-state index contributed by atoms with van der Waals surface area (Å²) in [5, 5.41) is 3.28. The van der Waals surface area contributed by atoms with E-state index in [2.05, 4.69) is 11.4 Å². The fourth-order valence-electron chi connectivity index (χ4n) is 2.45. The van der Waals surface area contributed by atoms with Crippen LogP contribution in [0.25, 0.3) is 0 Å². The van der Waals surface area contributed by atoms with Crippen LogP contribution in [0.4, 0.5) is 4.39 Å². The van der Waals surface area contributed by atoms with Crippen molar-refractivity contribution in [3.63, 3.8) is 0 Å². The number of benzene rings is 2. The van der Waals surface area contributed by atoms with Crippen molar-refractivity contribution >= 4 is 0 Å². The fraction of sp³-hybridized carbons (Fsp3) is 0.294. The third-order valence-corrected chi connectivity index (χ3v) is 3.56. The summed E-state index contributed by atoms with van der Waals surface area (Å²) in [5.74, 6) is 0.702. The molecule has 3 heteroatoms. The van der Waals surface area contributed by atoms with Gasteiger partial charge in [-0.25, -0.2) is 4.39 Å². The summed E-state index contributed by atoms with van der Waals surface area (Å²) in [6.07, 6.45) is 0. The highest BCUT2D eigenvalue weighted by Crippen LogP contribution is 2.27. The predicted molar refractivity (Wildman–Crippen MR) is 79.8 cm³/mol. The van der Waals surface area contributed by atoms with Gasteiger partial charge in [-0.3, -0.25) is 0 Å². The first kappa shape index (κ1) is 14.5. The fourth-order valence-corrected chi connectivity index (χ4v) is 2.45. The number of aryl methyl sites for hydroxylation is 2. The van der Waals surface area contributed by atoms with E-state index in [0.717, 1.165) is 22.4 Å². The molecule has 0 radical (unpaired) electrons. The molecular weight excluding hydrogens is 253 g/mol. The van der Waals surface area contributed by atoms with E-state index in [1.54, 1.807) is 14.0 Å². The summed E-state index contributed by atoms with van der Waals surface area (Å²) in [6, 6.07) is 11.4. The number of nitrogens with one attached hydrogen (secondary N) is 1. The van der Waals surface area contributed by atoms with E-state index >= 15 is 0 Å². The number of hydrogen-bond acceptors (Lipinski definition) is 2. The van der Waals surface area contributed by atoms with Crippen molar-refractivity contribution in [1.29, 1.82) is 0 Å². The van der Waals surface area contributed by atoms with Gasteiger partial charge in [-0.05, 0) is 55.3 Å². The van der Waals surface area contributed by atoms with Gasteiger partial charge in [-0.1, -0.05) is 24.3 Å². The average Bonchev–Trinajstić information content (AvgIpc) is 2.44. The Morgan fingerprint density at radius 2 is 1.60 bits per heavy atom. The summed E-state index contributed by atoms with van der Waals surface area (Å²) < 4.78 is 18.7. The van der Waals surface area contributed by atoms with Gasteiger partial charge >= 0.3 is 0 Å². The van der Waals surface area contributed by atoms with Gasteiger partial charge in [0.15, 0.2) is 0 Å². The lowest BCUT2D eigenvalue weighted by atomic mass is 9.96. The Labute approximate surface area is 119 Å². The zero-order valence-electron chi connectivity index (χ0n) is 12.3. The van der Waals surface area contributed by atoms with Gasteiger partial charge < -0.3 is 10.1 Å². The predicted octanol–water partition coefficient (Wildman–Crippen LogP) is 3.76. The molecule has 106 valence electrons. The van der Waals surface area contributed by atoms with E-state index in [-0.39, 0.29) is 11.9 Å². The molecule has 0 saturated heterocycles. The molecule has 0 amide bonds. The maximum Gasteiger partial charge on any atom is 0.126 e. The van der Waals surface area contributed by atoms with Crippen LogP contribution in [0.2, 0.25) is 0 Å². The van der Waals surface area contributed by atoms with Crippen LogP contribution < -0.4 is 10.1 Å². The number of rotatable bonds is 4. The summed E-state index contributed by atoms with van der Waals surface area (Å²) in [5.41, 5.74) is 3.94. The minimum atomic E-state index is -0.172. The van der Waals surface area contributed by atoms with E-state index in [0.29, 0.717) is 5.56 Å². The number of methoxy groups -OCH3 is 1. The van der Waals surface area contributed by atoms with Crippen molar-refractivity contribution in [1.82, 2.24) is 5.32 Å². The first-order valence-electron chi connectivity index (χ1n) is 6.64. The van der Waals surface area contributed by atoms with E-state index < -0.39 is 0 Å². The van der Waals surface area contributed by atoms with Crippen LogP contribution in [-0.2, 0) is 0 Å². The Balaban J connectivity index is 2.41. The molecule has 2 aromatic carbocycles. The van der Waals surface area contributed by atoms with Crippen LogP contribution in [0.15, 0.2) is 36.4 Å². The molecule has 1 unspecified atom stereocenters. The maximum atomic E-state index is 13.4. The van der Waals surface area contributed by atoms with Gasteiger partial charge in [0.05, 0.1) is 13.2 Å². The zero-order valence-corrected chi connectivity index (χ0v) is 12.3. The number of hydrogen-bond donors (Lipinski definition) is 1. The van der Waals surface area contributed by atoms with Crippen LogP contribution in [0, 0.1) is 19.7 Å². The van der Waals surface area contributed by atoms with E-state index in [4.69, 9.17) is 4.74 Å². The largest absolute Gasteiger partial charge is 0.496 e. The smallest absolute Gasteiger partial charge is 0.126 e. The van der Waals surface area contributed by atoms with Gasteiger partial charge in [-0.15, -0.1) is 0 Å². The molecule has 0 fully saturated rings. The molecule has 20 heavy (non-hydrogen) atoms. The highest BCUT2D eigenvalue weighted by atomic mass is 19.1. The Morgan fingerprint density at radius 3 is 2.10 bits per heavy atom. The van der Waals surface area contributed by atoms with Crippen molar-refractivity contribution in [2.24, 2.45) is 0 Å². The van der Waals surface area contributed by atoms with Crippen molar-refractivity contribution < 1.29 is 9.13 Å². The van der Waals surface area contributed by atoms with E-state index in [9.17, 15) is 4.39 Å². The molecule has 0 heterocycles. The van der Waals surface area contributed by atoms with Crippen LogP contribution in [0.3, 0.4) is 0 Å². The molecule has 0 aliphatic heterocycles. The van der Waals surface area contributed by atoms with Crippen LogP contribution >= 0.6 is 0 Å². The standard InChI is InChI=1S/C17H20FNO/c1-11-9-13(5-7-15(11)18)17(19-3)14-6-8-16(20-4)12(2)10-14/h5-10,17,19H,1-4H3. The zero-order chi connectivity index (χ0) is 14.7. The quantitative estimate of drug-likeness (QED) is 0.915. The topological polar surface area (TPSA) is 21.3 Å². The second-order valence-corrected chi connectivity index (χ2v) is 4.96. The molecule has 2 nitrogen and oxygen atoms in total. The van der Waals surface area contributed by atoms with E-state index in [1.807, 2.05) is 38.2 Å². The van der Waals surface area contributed by atoms with Gasteiger partial charge in [0.1, 0.15) is 11.6 Å². The Bertz CT molecular complexity index is 610. The Hall–Kier alpha value is -1.87. The second-order valence-electron chi connectivity index (χ2n) is 4.96. The highest BCUT2D eigenvalue weighted by molar-refractivity contribution is 5.41. The molecule has 0 bridgehead atoms. The third kappa shape index (κ3) is 2.83. The number of ether oxygens (including phenoxy) is 1. The van der Waals surface area contributed by atoms with Gasteiger partial charge in [0.25, 0.3) is 0 Å². The lowest BCUT2D eigenvalue weighted by Gasteiger charge is -2.19. The van der Waals surface area contributed by atoms with Crippen molar-refractivity contribution in [3.8, 4) is 5.75 Å². The van der Waals surface area contributed by atoms with Crippen LogP contribution in [0.5, 0.6) is 5.75 Å². The Morgan fingerprint density at radius 1 is 1.00 bits per heavy atom. The first-order valence-corrected chi connectivity index (χ1v) is 6.64. The molecular formula is C17H20FNO. The van der Waals surface area contributed by atoms with Crippen molar-refractivity contribution in [3.05, 3.63) is 64.5 Å². The monoisotopic (exact) mass is 273 g/mol. The second kappa shape index (κ2) is 6.06. The molecule has 1 atom stereocenters. The summed E-state index contributed by atoms with van der Waals surface area (Å²) in [7, 11) is 3.57. The summed E-state index contributed by atoms with van der Waals surface area (Å²) in [4.78, 5) is 0. The average molecular weight is 273 g/mol. The van der Waals surface area contributed by atoms with Gasteiger partial charge in [0.2, 0.25) is 0 Å².